The van der Waals surface area contributed by atoms with Crippen LogP contribution < -0.4 is 5.73 Å². The van der Waals surface area contributed by atoms with E-state index in [1.54, 1.807) is 0 Å². The summed E-state index contributed by atoms with van der Waals surface area (Å²) in [7, 11) is 0. The Morgan fingerprint density at radius 3 is 2.86 bits per heavy atom. The summed E-state index contributed by atoms with van der Waals surface area (Å²) in [5.41, 5.74) is 5.67. The van der Waals surface area contributed by atoms with Crippen LogP contribution in [-0.4, -0.2) is 44.3 Å². The molecular weight excluding hydrogens is 176 g/mol. The predicted molar refractivity (Wildman–Crippen MR) is 57.1 cm³/mol. The third-order valence-electron chi connectivity index (χ3n) is 3.58. The van der Waals surface area contributed by atoms with E-state index in [1.165, 1.54) is 38.9 Å². The van der Waals surface area contributed by atoms with E-state index in [-0.39, 0.29) is 0 Å². The fourth-order valence-electron chi connectivity index (χ4n) is 2.48. The van der Waals surface area contributed by atoms with Crippen LogP contribution in [0, 0.1) is 11.8 Å². The zero-order chi connectivity index (χ0) is 9.80. The molecule has 0 amide bonds. The molecule has 0 aromatic rings. The molecule has 2 unspecified atom stereocenters. The summed E-state index contributed by atoms with van der Waals surface area (Å²) in [5, 5.41) is 0. The average Bonchev–Trinajstić information content (AvgIpc) is 2.86. The molecule has 2 heterocycles. The fraction of sp³-hybridized carbons (Fsp3) is 1.00. The van der Waals surface area contributed by atoms with Gasteiger partial charge in [0.25, 0.3) is 0 Å². The summed E-state index contributed by atoms with van der Waals surface area (Å²) < 4.78 is 5.38. The van der Waals surface area contributed by atoms with Crippen LogP contribution in [0.15, 0.2) is 0 Å². The second kappa shape index (κ2) is 5.10. The summed E-state index contributed by atoms with van der Waals surface area (Å²) >= 11 is 0. The van der Waals surface area contributed by atoms with Crippen molar-refractivity contribution in [1.82, 2.24) is 4.90 Å². The summed E-state index contributed by atoms with van der Waals surface area (Å²) in [6, 6.07) is 0. The van der Waals surface area contributed by atoms with Crippen LogP contribution in [0.5, 0.6) is 0 Å². The van der Waals surface area contributed by atoms with Crippen molar-refractivity contribution >= 4 is 0 Å². The molecule has 3 heteroatoms. The molecular formula is C11H22N2O. The number of rotatable bonds is 4. The summed E-state index contributed by atoms with van der Waals surface area (Å²) in [6.45, 7) is 6.58. The number of ether oxygens (including phenoxy) is 1. The zero-order valence-electron chi connectivity index (χ0n) is 8.95. The van der Waals surface area contributed by atoms with E-state index in [9.17, 15) is 0 Å². The third-order valence-corrected chi connectivity index (χ3v) is 3.58. The molecule has 2 atom stereocenters. The highest BCUT2D eigenvalue weighted by atomic mass is 16.5. The summed E-state index contributed by atoms with van der Waals surface area (Å²) in [5.74, 6) is 1.58. The first-order chi connectivity index (χ1) is 6.88. The monoisotopic (exact) mass is 198 g/mol. The van der Waals surface area contributed by atoms with E-state index >= 15 is 0 Å². The van der Waals surface area contributed by atoms with Crippen molar-refractivity contribution in [2.45, 2.75) is 19.3 Å². The van der Waals surface area contributed by atoms with Crippen LogP contribution in [-0.2, 0) is 4.74 Å². The van der Waals surface area contributed by atoms with E-state index in [2.05, 4.69) is 4.90 Å². The minimum absolute atomic E-state index is 0.759. The second-order valence-corrected chi connectivity index (χ2v) is 4.71. The van der Waals surface area contributed by atoms with Gasteiger partial charge in [0, 0.05) is 19.8 Å². The number of nitrogens with two attached hydrogens (primary N) is 1. The van der Waals surface area contributed by atoms with Gasteiger partial charge in [0.05, 0.1) is 0 Å². The Hall–Kier alpha value is -0.120. The highest BCUT2D eigenvalue weighted by molar-refractivity contribution is 4.77. The molecule has 14 heavy (non-hydrogen) atoms. The highest BCUT2D eigenvalue weighted by Crippen LogP contribution is 2.20. The predicted octanol–water partition coefficient (Wildman–Crippen LogP) is 0.694. The third kappa shape index (κ3) is 2.69. The molecule has 2 N–H and O–H groups in total. The van der Waals surface area contributed by atoms with E-state index in [0.717, 1.165) is 31.6 Å². The van der Waals surface area contributed by atoms with Gasteiger partial charge in [0.2, 0.25) is 0 Å². The van der Waals surface area contributed by atoms with E-state index < -0.39 is 0 Å². The van der Waals surface area contributed by atoms with Crippen molar-refractivity contribution in [1.29, 1.82) is 0 Å². The topological polar surface area (TPSA) is 38.5 Å². The Balaban J connectivity index is 1.61. The lowest BCUT2D eigenvalue weighted by molar-refractivity contribution is 0.180. The minimum Gasteiger partial charge on any atom is -0.381 e. The van der Waals surface area contributed by atoms with E-state index in [0.29, 0.717) is 0 Å². The Kier molecular flexibility index (Phi) is 3.79. The standard InChI is InChI=1S/C11H22N2O/c12-7-11-2-5-13(8-11)4-1-10-3-6-14-9-10/h10-11H,1-9,12H2. The molecule has 82 valence electrons. The van der Waals surface area contributed by atoms with Crippen molar-refractivity contribution in [3.63, 3.8) is 0 Å². The van der Waals surface area contributed by atoms with Gasteiger partial charge in [0.15, 0.2) is 0 Å². The Labute approximate surface area is 86.6 Å². The first kappa shape index (κ1) is 10.4. The molecule has 0 aromatic heterocycles. The molecule has 0 aromatic carbocycles. The van der Waals surface area contributed by atoms with Gasteiger partial charge in [-0.2, -0.15) is 0 Å². The molecule has 2 fully saturated rings. The SMILES string of the molecule is NCC1CCN(CCC2CCOC2)C1. The van der Waals surface area contributed by atoms with Gasteiger partial charge in [-0.3, -0.25) is 0 Å². The second-order valence-electron chi connectivity index (χ2n) is 4.71. The molecule has 0 aliphatic carbocycles. The van der Waals surface area contributed by atoms with Crippen LogP contribution in [0.3, 0.4) is 0 Å². The van der Waals surface area contributed by atoms with Crippen molar-refractivity contribution < 1.29 is 4.74 Å². The number of nitrogens with zero attached hydrogens (tertiary/aromatic N) is 1. The smallest absolute Gasteiger partial charge is 0.0495 e. The van der Waals surface area contributed by atoms with Crippen molar-refractivity contribution in [2.24, 2.45) is 17.6 Å². The molecule has 2 rings (SSSR count). The Bertz CT molecular complexity index is 169. The lowest BCUT2D eigenvalue weighted by Gasteiger charge is -2.17. The Morgan fingerprint density at radius 2 is 2.21 bits per heavy atom. The van der Waals surface area contributed by atoms with Gasteiger partial charge < -0.3 is 15.4 Å². The van der Waals surface area contributed by atoms with Gasteiger partial charge in [0.1, 0.15) is 0 Å². The summed E-state index contributed by atoms with van der Waals surface area (Å²) in [6.07, 6.45) is 3.89. The van der Waals surface area contributed by atoms with Gasteiger partial charge in [-0.05, 0) is 50.7 Å². The molecule has 0 spiro atoms. The van der Waals surface area contributed by atoms with Gasteiger partial charge in [-0.1, -0.05) is 0 Å². The largest absolute Gasteiger partial charge is 0.381 e. The van der Waals surface area contributed by atoms with Crippen molar-refractivity contribution in [3.05, 3.63) is 0 Å². The number of likely N-dealkylation sites (tertiary alicyclic amines) is 1. The maximum atomic E-state index is 5.67. The van der Waals surface area contributed by atoms with Gasteiger partial charge in [-0.15, -0.1) is 0 Å². The van der Waals surface area contributed by atoms with E-state index in [1.807, 2.05) is 0 Å². The molecule has 0 bridgehead atoms. The summed E-state index contributed by atoms with van der Waals surface area (Å²) in [4.78, 5) is 2.57. The van der Waals surface area contributed by atoms with Gasteiger partial charge in [-0.25, -0.2) is 0 Å². The van der Waals surface area contributed by atoms with Crippen molar-refractivity contribution in [3.8, 4) is 0 Å². The molecule has 2 saturated heterocycles. The Morgan fingerprint density at radius 1 is 1.29 bits per heavy atom. The molecule has 0 radical (unpaired) electrons. The average molecular weight is 198 g/mol. The molecule has 3 nitrogen and oxygen atoms in total. The van der Waals surface area contributed by atoms with E-state index in [4.69, 9.17) is 10.5 Å². The molecule has 2 aliphatic heterocycles. The maximum Gasteiger partial charge on any atom is 0.0495 e. The fourth-order valence-corrected chi connectivity index (χ4v) is 2.48. The van der Waals surface area contributed by atoms with Crippen LogP contribution in [0.1, 0.15) is 19.3 Å². The van der Waals surface area contributed by atoms with Crippen LogP contribution in [0.2, 0.25) is 0 Å². The first-order valence-corrected chi connectivity index (χ1v) is 5.88. The van der Waals surface area contributed by atoms with Gasteiger partial charge >= 0.3 is 0 Å². The minimum atomic E-state index is 0.759. The maximum absolute atomic E-state index is 5.67. The zero-order valence-corrected chi connectivity index (χ0v) is 8.95. The number of hydrogen-bond acceptors (Lipinski definition) is 3. The molecule has 2 aliphatic rings. The lowest BCUT2D eigenvalue weighted by atomic mass is 10.1. The first-order valence-electron chi connectivity index (χ1n) is 5.88. The van der Waals surface area contributed by atoms with Crippen LogP contribution in [0.25, 0.3) is 0 Å². The van der Waals surface area contributed by atoms with Crippen LogP contribution in [0.4, 0.5) is 0 Å². The number of hydrogen-bond donors (Lipinski definition) is 1. The quantitative estimate of drug-likeness (QED) is 0.722. The highest BCUT2D eigenvalue weighted by Gasteiger charge is 2.22. The van der Waals surface area contributed by atoms with Crippen molar-refractivity contribution in [2.75, 3.05) is 39.4 Å². The van der Waals surface area contributed by atoms with Crippen LogP contribution >= 0.6 is 0 Å². The lowest BCUT2D eigenvalue weighted by Crippen LogP contribution is -2.25. The normalized spacial score (nSPS) is 34.1. The molecule has 0 saturated carbocycles.